The maximum absolute atomic E-state index is 11.9. The van der Waals surface area contributed by atoms with Crippen LogP contribution in [0, 0.1) is 0 Å². The molecule has 1 unspecified atom stereocenters. The molecule has 0 spiro atoms. The standard InChI is InChI=1S/C15H26N4O/c1-2-7-12(16)15(20)17-14-10-13(18-19-14)11-8-5-3-4-6-9-11/h10-12H,2-9,16H2,1H3,(H2,17,18,19,20). The van der Waals surface area contributed by atoms with Crippen LogP contribution < -0.4 is 11.1 Å². The van der Waals surface area contributed by atoms with Crippen LogP contribution in [0.25, 0.3) is 0 Å². The molecular weight excluding hydrogens is 252 g/mol. The van der Waals surface area contributed by atoms with Crippen LogP contribution in [0.2, 0.25) is 0 Å². The summed E-state index contributed by atoms with van der Waals surface area (Å²) in [5.41, 5.74) is 6.94. The van der Waals surface area contributed by atoms with Crippen molar-refractivity contribution in [3.05, 3.63) is 11.8 Å². The highest BCUT2D eigenvalue weighted by Crippen LogP contribution is 2.31. The van der Waals surface area contributed by atoms with E-state index in [1.54, 1.807) is 0 Å². The zero-order valence-corrected chi connectivity index (χ0v) is 12.3. The number of carbonyl (C=O) groups excluding carboxylic acids is 1. The third-order valence-electron chi connectivity index (χ3n) is 4.08. The van der Waals surface area contributed by atoms with Crippen molar-refractivity contribution in [3.8, 4) is 0 Å². The fourth-order valence-corrected chi connectivity index (χ4v) is 2.86. The van der Waals surface area contributed by atoms with Gasteiger partial charge in [-0.25, -0.2) is 0 Å². The molecule has 1 aromatic heterocycles. The van der Waals surface area contributed by atoms with Crippen molar-refractivity contribution in [3.63, 3.8) is 0 Å². The quantitative estimate of drug-likeness (QED) is 0.724. The Bertz CT molecular complexity index is 421. The fourth-order valence-electron chi connectivity index (χ4n) is 2.86. The van der Waals surface area contributed by atoms with Crippen molar-refractivity contribution in [2.45, 2.75) is 70.3 Å². The second-order valence-corrected chi connectivity index (χ2v) is 5.78. The Morgan fingerprint density at radius 3 is 2.80 bits per heavy atom. The molecule has 5 heteroatoms. The Hall–Kier alpha value is -1.36. The summed E-state index contributed by atoms with van der Waals surface area (Å²) in [5.74, 6) is 1.01. The van der Waals surface area contributed by atoms with E-state index in [-0.39, 0.29) is 5.91 Å². The van der Waals surface area contributed by atoms with Gasteiger partial charge in [0.1, 0.15) is 0 Å². The van der Waals surface area contributed by atoms with Gasteiger partial charge in [-0.3, -0.25) is 9.89 Å². The Balaban J connectivity index is 1.92. The number of carbonyl (C=O) groups is 1. The predicted octanol–water partition coefficient (Wildman–Crippen LogP) is 2.91. The van der Waals surface area contributed by atoms with E-state index in [0.717, 1.165) is 12.1 Å². The lowest BCUT2D eigenvalue weighted by Crippen LogP contribution is -2.35. The van der Waals surface area contributed by atoms with Crippen LogP contribution in [0.15, 0.2) is 6.07 Å². The molecular formula is C15H26N4O. The van der Waals surface area contributed by atoms with Gasteiger partial charge in [-0.2, -0.15) is 5.10 Å². The number of hydrogen-bond acceptors (Lipinski definition) is 3. The van der Waals surface area contributed by atoms with Crippen molar-refractivity contribution < 1.29 is 4.79 Å². The van der Waals surface area contributed by atoms with E-state index in [1.165, 1.54) is 38.5 Å². The summed E-state index contributed by atoms with van der Waals surface area (Å²) in [6.45, 7) is 2.02. The molecule has 5 nitrogen and oxygen atoms in total. The summed E-state index contributed by atoms with van der Waals surface area (Å²) in [4.78, 5) is 11.9. The molecule has 0 aliphatic heterocycles. The molecule has 1 aromatic rings. The van der Waals surface area contributed by atoms with Crippen LogP contribution in [0.1, 0.15) is 69.9 Å². The molecule has 1 atom stereocenters. The summed E-state index contributed by atoms with van der Waals surface area (Å²) in [7, 11) is 0. The van der Waals surface area contributed by atoms with E-state index in [1.807, 2.05) is 13.0 Å². The van der Waals surface area contributed by atoms with Crippen LogP contribution >= 0.6 is 0 Å². The zero-order valence-electron chi connectivity index (χ0n) is 12.3. The van der Waals surface area contributed by atoms with Gasteiger partial charge in [0.05, 0.1) is 6.04 Å². The number of aromatic amines is 1. The Kier molecular flexibility index (Phi) is 5.59. The second-order valence-electron chi connectivity index (χ2n) is 5.78. The van der Waals surface area contributed by atoms with E-state index in [0.29, 0.717) is 18.2 Å². The van der Waals surface area contributed by atoms with E-state index >= 15 is 0 Å². The van der Waals surface area contributed by atoms with Gasteiger partial charge in [0.25, 0.3) is 0 Å². The molecule has 1 aliphatic rings. The minimum absolute atomic E-state index is 0.147. The highest BCUT2D eigenvalue weighted by molar-refractivity contribution is 5.93. The molecule has 1 saturated carbocycles. The third kappa shape index (κ3) is 4.07. The van der Waals surface area contributed by atoms with Crippen LogP contribution in [0.3, 0.4) is 0 Å². The van der Waals surface area contributed by atoms with E-state index in [9.17, 15) is 4.79 Å². The summed E-state index contributed by atoms with van der Waals surface area (Å²) in [5, 5.41) is 10.1. The molecule has 20 heavy (non-hydrogen) atoms. The molecule has 1 amide bonds. The number of anilines is 1. The number of H-pyrrole nitrogens is 1. The Labute approximate surface area is 120 Å². The van der Waals surface area contributed by atoms with Crippen LogP contribution in [-0.2, 0) is 4.79 Å². The Morgan fingerprint density at radius 2 is 2.15 bits per heavy atom. The number of hydrogen-bond donors (Lipinski definition) is 3. The van der Waals surface area contributed by atoms with E-state index in [4.69, 9.17) is 5.73 Å². The molecule has 0 aromatic carbocycles. The first kappa shape index (κ1) is 15.0. The zero-order chi connectivity index (χ0) is 14.4. The molecule has 4 N–H and O–H groups in total. The minimum atomic E-state index is -0.446. The molecule has 112 valence electrons. The van der Waals surface area contributed by atoms with E-state index in [2.05, 4.69) is 15.5 Å². The van der Waals surface area contributed by atoms with Crippen LogP contribution in [-0.4, -0.2) is 22.1 Å². The number of nitrogens with one attached hydrogen (secondary N) is 2. The van der Waals surface area contributed by atoms with Gasteiger partial charge in [-0.05, 0) is 19.3 Å². The van der Waals surface area contributed by atoms with Gasteiger partial charge in [-0.15, -0.1) is 0 Å². The monoisotopic (exact) mass is 278 g/mol. The van der Waals surface area contributed by atoms with Gasteiger partial charge >= 0.3 is 0 Å². The topological polar surface area (TPSA) is 83.8 Å². The first-order valence-electron chi connectivity index (χ1n) is 7.82. The van der Waals surface area contributed by atoms with Crippen molar-refractivity contribution in [1.82, 2.24) is 10.2 Å². The van der Waals surface area contributed by atoms with Crippen molar-refractivity contribution in [2.75, 3.05) is 5.32 Å². The SMILES string of the molecule is CCCC(N)C(=O)Nc1cc(C2CCCCCC2)[nH]n1. The largest absolute Gasteiger partial charge is 0.320 e. The average molecular weight is 278 g/mol. The average Bonchev–Trinajstić information content (AvgIpc) is 2.73. The molecule has 2 rings (SSSR count). The minimum Gasteiger partial charge on any atom is -0.320 e. The van der Waals surface area contributed by atoms with Gasteiger partial charge in [-0.1, -0.05) is 39.0 Å². The lowest BCUT2D eigenvalue weighted by molar-refractivity contribution is -0.117. The molecule has 0 bridgehead atoms. The van der Waals surface area contributed by atoms with Crippen molar-refractivity contribution in [1.29, 1.82) is 0 Å². The molecule has 0 saturated heterocycles. The van der Waals surface area contributed by atoms with Crippen LogP contribution in [0.4, 0.5) is 5.82 Å². The maximum atomic E-state index is 11.9. The number of nitrogens with zero attached hydrogens (tertiary/aromatic N) is 1. The lowest BCUT2D eigenvalue weighted by atomic mass is 9.97. The number of amides is 1. The summed E-state index contributed by atoms with van der Waals surface area (Å²) in [6.07, 6.45) is 9.27. The molecule has 1 aliphatic carbocycles. The van der Waals surface area contributed by atoms with E-state index < -0.39 is 6.04 Å². The summed E-state index contributed by atoms with van der Waals surface area (Å²) in [6, 6.07) is 1.52. The smallest absolute Gasteiger partial charge is 0.242 e. The normalized spacial score (nSPS) is 18.5. The highest BCUT2D eigenvalue weighted by Gasteiger charge is 2.18. The third-order valence-corrected chi connectivity index (χ3v) is 4.08. The van der Waals surface area contributed by atoms with Gasteiger partial charge in [0.15, 0.2) is 5.82 Å². The fraction of sp³-hybridized carbons (Fsp3) is 0.733. The molecule has 1 fully saturated rings. The van der Waals surface area contributed by atoms with Crippen molar-refractivity contribution >= 4 is 11.7 Å². The number of aromatic nitrogens is 2. The summed E-state index contributed by atoms with van der Waals surface area (Å²) >= 11 is 0. The van der Waals surface area contributed by atoms with Gasteiger partial charge in [0.2, 0.25) is 5.91 Å². The van der Waals surface area contributed by atoms with Gasteiger partial charge < -0.3 is 11.1 Å². The van der Waals surface area contributed by atoms with Crippen LogP contribution in [0.5, 0.6) is 0 Å². The van der Waals surface area contributed by atoms with Gasteiger partial charge in [0, 0.05) is 17.7 Å². The Morgan fingerprint density at radius 1 is 1.45 bits per heavy atom. The lowest BCUT2D eigenvalue weighted by Gasteiger charge is -2.10. The first-order valence-corrected chi connectivity index (χ1v) is 7.82. The highest BCUT2D eigenvalue weighted by atomic mass is 16.2. The second kappa shape index (κ2) is 7.43. The number of rotatable bonds is 5. The maximum Gasteiger partial charge on any atom is 0.242 e. The predicted molar refractivity (Wildman–Crippen MR) is 80.5 cm³/mol. The van der Waals surface area contributed by atoms with Crippen molar-refractivity contribution in [2.24, 2.45) is 5.73 Å². The summed E-state index contributed by atoms with van der Waals surface area (Å²) < 4.78 is 0. The number of nitrogens with two attached hydrogens (primary N) is 1. The molecule has 0 radical (unpaired) electrons. The first-order chi connectivity index (χ1) is 9.70. The molecule has 1 heterocycles.